The Labute approximate surface area is 88.4 Å². The standard InChI is InChI=1S/C12H12N2O/c1-8-5-10(15)3-4-11(8)12-7-14-13-6-9(12)2/h3-7,15H,1-2H3. The molecule has 3 nitrogen and oxygen atoms in total. The van der Waals surface area contributed by atoms with E-state index in [9.17, 15) is 5.11 Å². The predicted octanol–water partition coefficient (Wildman–Crippen LogP) is 2.47. The Bertz CT molecular complexity index is 495. The molecule has 76 valence electrons. The first kappa shape index (κ1) is 9.65. The lowest BCUT2D eigenvalue weighted by Gasteiger charge is -2.08. The molecule has 2 aromatic rings. The molecule has 15 heavy (non-hydrogen) atoms. The fraction of sp³-hybridized carbons (Fsp3) is 0.167. The van der Waals surface area contributed by atoms with E-state index in [1.165, 1.54) is 0 Å². The normalized spacial score (nSPS) is 10.3. The molecule has 1 aromatic heterocycles. The van der Waals surface area contributed by atoms with Crippen molar-refractivity contribution in [2.24, 2.45) is 0 Å². The van der Waals surface area contributed by atoms with Crippen LogP contribution in [0, 0.1) is 13.8 Å². The number of aromatic hydroxyl groups is 1. The van der Waals surface area contributed by atoms with Gasteiger partial charge in [-0.25, -0.2) is 0 Å². The summed E-state index contributed by atoms with van der Waals surface area (Å²) in [5.41, 5.74) is 4.26. The number of benzene rings is 1. The van der Waals surface area contributed by atoms with Crippen molar-refractivity contribution in [2.45, 2.75) is 13.8 Å². The highest BCUT2D eigenvalue weighted by atomic mass is 16.3. The van der Waals surface area contributed by atoms with Gasteiger partial charge in [-0.05, 0) is 42.7 Å². The van der Waals surface area contributed by atoms with Crippen LogP contribution in [-0.4, -0.2) is 15.3 Å². The summed E-state index contributed by atoms with van der Waals surface area (Å²) in [5.74, 6) is 0.288. The van der Waals surface area contributed by atoms with Gasteiger partial charge in [0.05, 0.1) is 12.4 Å². The summed E-state index contributed by atoms with van der Waals surface area (Å²) in [7, 11) is 0. The van der Waals surface area contributed by atoms with Crippen LogP contribution in [0.4, 0.5) is 0 Å². The third-order valence-corrected chi connectivity index (χ3v) is 2.43. The van der Waals surface area contributed by atoms with Gasteiger partial charge in [0.2, 0.25) is 0 Å². The van der Waals surface area contributed by atoms with Crippen molar-refractivity contribution in [2.75, 3.05) is 0 Å². The van der Waals surface area contributed by atoms with Gasteiger partial charge in [0, 0.05) is 5.56 Å². The highest BCUT2D eigenvalue weighted by Gasteiger charge is 2.05. The van der Waals surface area contributed by atoms with E-state index >= 15 is 0 Å². The zero-order valence-electron chi connectivity index (χ0n) is 8.73. The largest absolute Gasteiger partial charge is 0.508 e. The first-order valence-electron chi connectivity index (χ1n) is 4.76. The van der Waals surface area contributed by atoms with Crippen molar-refractivity contribution < 1.29 is 5.11 Å². The molecule has 0 radical (unpaired) electrons. The number of rotatable bonds is 1. The van der Waals surface area contributed by atoms with Crippen LogP contribution >= 0.6 is 0 Å². The zero-order valence-corrected chi connectivity index (χ0v) is 8.73. The van der Waals surface area contributed by atoms with E-state index < -0.39 is 0 Å². The molecule has 0 aliphatic heterocycles. The van der Waals surface area contributed by atoms with Gasteiger partial charge in [-0.2, -0.15) is 10.2 Å². The fourth-order valence-electron chi connectivity index (χ4n) is 1.61. The second-order valence-electron chi connectivity index (χ2n) is 3.59. The molecule has 0 spiro atoms. The van der Waals surface area contributed by atoms with Crippen LogP contribution in [-0.2, 0) is 0 Å². The van der Waals surface area contributed by atoms with Gasteiger partial charge in [-0.15, -0.1) is 0 Å². The molecule has 0 amide bonds. The number of phenolic OH excluding ortho intramolecular Hbond substituents is 1. The van der Waals surface area contributed by atoms with E-state index in [0.29, 0.717) is 0 Å². The molecular formula is C12H12N2O. The minimum Gasteiger partial charge on any atom is -0.508 e. The molecule has 0 atom stereocenters. The maximum Gasteiger partial charge on any atom is 0.115 e. The van der Waals surface area contributed by atoms with Crippen molar-refractivity contribution in [3.05, 3.63) is 41.7 Å². The molecule has 0 bridgehead atoms. The molecule has 3 heteroatoms. The number of nitrogens with zero attached hydrogens (tertiary/aromatic N) is 2. The second-order valence-corrected chi connectivity index (χ2v) is 3.59. The first-order valence-corrected chi connectivity index (χ1v) is 4.76. The van der Waals surface area contributed by atoms with Gasteiger partial charge in [0.1, 0.15) is 5.75 Å². The summed E-state index contributed by atoms with van der Waals surface area (Å²) in [6.45, 7) is 3.96. The van der Waals surface area contributed by atoms with Crippen molar-refractivity contribution in [3.8, 4) is 16.9 Å². The van der Waals surface area contributed by atoms with Gasteiger partial charge in [-0.3, -0.25) is 0 Å². The Morgan fingerprint density at radius 2 is 1.67 bits per heavy atom. The zero-order chi connectivity index (χ0) is 10.8. The van der Waals surface area contributed by atoms with Crippen molar-refractivity contribution in [1.29, 1.82) is 0 Å². The van der Waals surface area contributed by atoms with Crippen LogP contribution in [0.1, 0.15) is 11.1 Å². The highest BCUT2D eigenvalue weighted by Crippen LogP contribution is 2.27. The van der Waals surface area contributed by atoms with Crippen molar-refractivity contribution >= 4 is 0 Å². The average molecular weight is 200 g/mol. The Kier molecular flexibility index (Phi) is 2.37. The molecule has 2 rings (SSSR count). The lowest BCUT2D eigenvalue weighted by atomic mass is 9.99. The number of phenols is 1. The SMILES string of the molecule is Cc1cc(O)ccc1-c1cnncc1C. The maximum atomic E-state index is 9.33. The first-order chi connectivity index (χ1) is 7.18. The predicted molar refractivity (Wildman–Crippen MR) is 58.6 cm³/mol. The van der Waals surface area contributed by atoms with E-state index in [-0.39, 0.29) is 5.75 Å². The minimum absolute atomic E-state index is 0.288. The molecular weight excluding hydrogens is 188 g/mol. The summed E-state index contributed by atoms with van der Waals surface area (Å²) >= 11 is 0. The molecule has 0 saturated heterocycles. The highest BCUT2D eigenvalue weighted by molar-refractivity contribution is 5.69. The van der Waals surface area contributed by atoms with E-state index in [0.717, 1.165) is 22.3 Å². The molecule has 1 heterocycles. The third-order valence-electron chi connectivity index (χ3n) is 2.43. The Balaban J connectivity index is 2.60. The third kappa shape index (κ3) is 1.81. The van der Waals surface area contributed by atoms with Crippen LogP contribution in [0.2, 0.25) is 0 Å². The van der Waals surface area contributed by atoms with E-state index in [4.69, 9.17) is 0 Å². The monoisotopic (exact) mass is 200 g/mol. The van der Waals surface area contributed by atoms with Crippen LogP contribution in [0.15, 0.2) is 30.6 Å². The number of hydrogen-bond acceptors (Lipinski definition) is 3. The van der Waals surface area contributed by atoms with Crippen molar-refractivity contribution in [1.82, 2.24) is 10.2 Å². The summed E-state index contributed by atoms with van der Waals surface area (Å²) < 4.78 is 0. The van der Waals surface area contributed by atoms with Gasteiger partial charge in [-0.1, -0.05) is 6.07 Å². The minimum atomic E-state index is 0.288. The van der Waals surface area contributed by atoms with Crippen LogP contribution < -0.4 is 0 Å². The number of aryl methyl sites for hydroxylation is 2. The molecule has 0 saturated carbocycles. The summed E-state index contributed by atoms with van der Waals surface area (Å²) in [6, 6.07) is 5.33. The van der Waals surface area contributed by atoms with Crippen LogP contribution in [0.3, 0.4) is 0 Å². The van der Waals surface area contributed by atoms with Gasteiger partial charge in [0.15, 0.2) is 0 Å². The quantitative estimate of drug-likeness (QED) is 0.769. The number of hydrogen-bond donors (Lipinski definition) is 1. The van der Waals surface area contributed by atoms with Gasteiger partial charge < -0.3 is 5.11 Å². The molecule has 0 aliphatic rings. The van der Waals surface area contributed by atoms with E-state index in [1.54, 1.807) is 24.5 Å². The molecule has 1 aromatic carbocycles. The second kappa shape index (κ2) is 3.69. The smallest absolute Gasteiger partial charge is 0.115 e. The van der Waals surface area contributed by atoms with Crippen LogP contribution in [0.25, 0.3) is 11.1 Å². The molecule has 0 aliphatic carbocycles. The fourth-order valence-corrected chi connectivity index (χ4v) is 1.61. The average Bonchev–Trinajstić information content (AvgIpc) is 2.20. The Morgan fingerprint density at radius 3 is 2.33 bits per heavy atom. The van der Waals surface area contributed by atoms with Crippen molar-refractivity contribution in [3.63, 3.8) is 0 Å². The van der Waals surface area contributed by atoms with E-state index in [1.807, 2.05) is 19.9 Å². The van der Waals surface area contributed by atoms with Crippen LogP contribution in [0.5, 0.6) is 5.75 Å². The molecule has 1 N–H and O–H groups in total. The Morgan fingerprint density at radius 1 is 0.933 bits per heavy atom. The van der Waals surface area contributed by atoms with E-state index in [2.05, 4.69) is 10.2 Å². The summed E-state index contributed by atoms with van der Waals surface area (Å²) in [5, 5.41) is 17.0. The topological polar surface area (TPSA) is 46.0 Å². The van der Waals surface area contributed by atoms with Gasteiger partial charge in [0.25, 0.3) is 0 Å². The maximum absolute atomic E-state index is 9.33. The molecule has 0 unspecified atom stereocenters. The van der Waals surface area contributed by atoms with Gasteiger partial charge >= 0.3 is 0 Å². The molecule has 0 fully saturated rings. The lowest BCUT2D eigenvalue weighted by molar-refractivity contribution is 0.475. The number of aromatic nitrogens is 2. The Hall–Kier alpha value is -1.90. The lowest BCUT2D eigenvalue weighted by Crippen LogP contribution is -1.90. The summed E-state index contributed by atoms with van der Waals surface area (Å²) in [6.07, 6.45) is 3.48. The summed E-state index contributed by atoms with van der Waals surface area (Å²) in [4.78, 5) is 0.